The first-order chi connectivity index (χ1) is 17.9. The van der Waals surface area contributed by atoms with Crippen LogP contribution in [0.5, 0.6) is 0 Å². The smallest absolute Gasteiger partial charge is 0.339 e. The largest absolute Gasteiger partial charge is 0.460 e. The zero-order valence-electron chi connectivity index (χ0n) is 19.4. The van der Waals surface area contributed by atoms with Gasteiger partial charge in [-0.15, -0.1) is 0 Å². The van der Waals surface area contributed by atoms with Crippen LogP contribution in [-0.4, -0.2) is 56.3 Å². The Kier molecular flexibility index (Phi) is 8.36. The Hall–Kier alpha value is -3.21. The maximum Gasteiger partial charge on any atom is 0.460 e. The van der Waals surface area contributed by atoms with Gasteiger partial charge in [0.1, 0.15) is 0 Å². The lowest BCUT2D eigenvalue weighted by Gasteiger charge is -2.34. The Morgan fingerprint density at radius 2 is 1.44 bits per heavy atom. The summed E-state index contributed by atoms with van der Waals surface area (Å²) in [6.45, 7) is 0.622. The van der Waals surface area contributed by atoms with Crippen molar-refractivity contribution in [1.82, 2.24) is 9.62 Å². The van der Waals surface area contributed by atoms with Crippen LogP contribution in [0, 0.1) is 10.1 Å². The highest BCUT2D eigenvalue weighted by atomic mass is 32.2. The van der Waals surface area contributed by atoms with E-state index in [2.05, 4.69) is 0 Å². The second-order valence-corrected chi connectivity index (χ2v) is 9.70. The molecule has 0 aliphatic carbocycles. The minimum atomic E-state index is -7.27. The fraction of sp³-hybridized carbons (Fsp3) is 0.409. The fourth-order valence-electron chi connectivity index (χ4n) is 3.79. The standard InChI is InChI=1S/C22H18F9N3O4S/c23-19(24,21(27,28)29)20(25,26)22(30,31)39(38)32-17(13-7-9-14(10-8-13)34(36)37)15-5-1-2-6-16(15)18(35)33-11-3-4-12-33/h1-2,5-10,17,32H,3-4,11-12H2. The number of nitrogens with one attached hydrogen (secondary N) is 1. The first-order valence-electron chi connectivity index (χ1n) is 10.9. The Morgan fingerprint density at radius 1 is 0.897 bits per heavy atom. The molecule has 2 atom stereocenters. The average Bonchev–Trinajstić information content (AvgIpc) is 3.41. The van der Waals surface area contributed by atoms with E-state index in [0.717, 1.165) is 30.3 Å². The van der Waals surface area contributed by atoms with Crippen molar-refractivity contribution in [2.45, 2.75) is 42.2 Å². The van der Waals surface area contributed by atoms with Gasteiger partial charge in [-0.25, -0.2) is 8.93 Å². The van der Waals surface area contributed by atoms with Gasteiger partial charge in [0, 0.05) is 30.8 Å². The highest BCUT2D eigenvalue weighted by molar-refractivity contribution is 7.84. The zero-order valence-corrected chi connectivity index (χ0v) is 20.2. The number of hydrogen-bond donors (Lipinski definition) is 1. The number of benzene rings is 2. The van der Waals surface area contributed by atoms with Crippen LogP contribution in [0.4, 0.5) is 45.2 Å². The number of non-ortho nitro benzene ring substituents is 1. The zero-order chi connectivity index (χ0) is 29.4. The molecule has 39 heavy (non-hydrogen) atoms. The van der Waals surface area contributed by atoms with Gasteiger partial charge in [-0.3, -0.25) is 14.9 Å². The number of rotatable bonds is 9. The van der Waals surface area contributed by atoms with E-state index in [4.69, 9.17) is 0 Å². The minimum absolute atomic E-state index is 0.206. The maximum atomic E-state index is 14.4. The number of nitro benzene ring substituents is 1. The monoisotopic (exact) mass is 591 g/mol. The van der Waals surface area contributed by atoms with Crippen LogP contribution in [0.1, 0.15) is 40.4 Å². The molecule has 1 saturated heterocycles. The maximum absolute atomic E-state index is 14.4. The van der Waals surface area contributed by atoms with Crippen LogP contribution in [0.3, 0.4) is 0 Å². The Balaban J connectivity index is 2.10. The number of likely N-dealkylation sites (tertiary alicyclic amines) is 1. The third kappa shape index (κ3) is 5.59. The van der Waals surface area contributed by atoms with Crippen LogP contribution >= 0.6 is 0 Å². The van der Waals surface area contributed by atoms with Gasteiger partial charge in [-0.2, -0.15) is 39.5 Å². The molecule has 1 N–H and O–H groups in total. The predicted molar refractivity (Wildman–Crippen MR) is 119 cm³/mol. The molecule has 0 radical (unpaired) electrons. The van der Waals surface area contributed by atoms with E-state index in [1.54, 1.807) is 0 Å². The normalized spacial score (nSPS) is 16.7. The molecule has 214 valence electrons. The molecule has 2 aromatic carbocycles. The molecule has 1 amide bonds. The number of hydrogen-bond acceptors (Lipinski definition) is 4. The second-order valence-electron chi connectivity index (χ2n) is 8.42. The van der Waals surface area contributed by atoms with E-state index in [-0.39, 0.29) is 16.7 Å². The third-order valence-electron chi connectivity index (χ3n) is 5.91. The van der Waals surface area contributed by atoms with Crippen molar-refractivity contribution >= 4 is 22.6 Å². The van der Waals surface area contributed by atoms with Gasteiger partial charge in [0.25, 0.3) is 11.6 Å². The molecule has 17 heteroatoms. The van der Waals surface area contributed by atoms with E-state index in [1.807, 2.05) is 0 Å². The Labute approximate surface area is 216 Å². The summed E-state index contributed by atoms with van der Waals surface area (Å²) in [6.07, 6.45) is -5.84. The first kappa shape index (κ1) is 30.3. The van der Waals surface area contributed by atoms with Crippen molar-refractivity contribution in [2.75, 3.05) is 13.1 Å². The topological polar surface area (TPSA) is 92.5 Å². The van der Waals surface area contributed by atoms with Gasteiger partial charge in [-0.05, 0) is 30.0 Å². The van der Waals surface area contributed by atoms with E-state index >= 15 is 0 Å². The van der Waals surface area contributed by atoms with Crippen LogP contribution in [0.2, 0.25) is 0 Å². The van der Waals surface area contributed by atoms with Gasteiger partial charge in [-0.1, -0.05) is 30.3 Å². The molecule has 7 nitrogen and oxygen atoms in total. The van der Waals surface area contributed by atoms with Crippen molar-refractivity contribution < 1.29 is 53.4 Å². The molecule has 0 spiro atoms. The minimum Gasteiger partial charge on any atom is -0.339 e. The van der Waals surface area contributed by atoms with E-state index in [1.165, 1.54) is 27.8 Å². The molecule has 0 aromatic heterocycles. The molecule has 1 aliphatic heterocycles. The lowest BCUT2D eigenvalue weighted by molar-refractivity contribution is -0.384. The number of nitro groups is 1. The summed E-state index contributed by atoms with van der Waals surface area (Å²) in [6, 6.07) is 6.55. The van der Waals surface area contributed by atoms with Crippen LogP contribution < -0.4 is 4.72 Å². The molecule has 1 heterocycles. The quantitative estimate of drug-likeness (QED) is 0.234. The summed E-state index contributed by atoms with van der Waals surface area (Å²) >= 11 is 0. The third-order valence-corrected chi connectivity index (χ3v) is 7.08. The number of carbonyl (C=O) groups is 1. The predicted octanol–water partition coefficient (Wildman–Crippen LogP) is 5.60. The summed E-state index contributed by atoms with van der Waals surface area (Å²) in [5.74, 6) is -15.1. The van der Waals surface area contributed by atoms with Crippen LogP contribution in [0.25, 0.3) is 0 Å². The lowest BCUT2D eigenvalue weighted by atomic mass is 9.94. The lowest BCUT2D eigenvalue weighted by Crippen LogP contribution is -2.63. The molecular weight excluding hydrogens is 573 g/mol. The van der Waals surface area contributed by atoms with Gasteiger partial charge in [0.2, 0.25) is 0 Å². The molecule has 1 fully saturated rings. The van der Waals surface area contributed by atoms with Crippen LogP contribution in [0.15, 0.2) is 48.5 Å². The molecule has 2 unspecified atom stereocenters. The van der Waals surface area contributed by atoms with Gasteiger partial charge in [0.05, 0.1) is 11.0 Å². The summed E-state index contributed by atoms with van der Waals surface area (Å²) in [7, 11) is -4.62. The Bertz CT molecular complexity index is 1250. The Morgan fingerprint density at radius 3 is 1.95 bits per heavy atom. The van der Waals surface area contributed by atoms with Crippen LogP contribution in [-0.2, 0) is 11.0 Å². The SMILES string of the molecule is O=C(c1ccccc1C(NS(=O)C(F)(F)C(F)(F)C(F)(F)C(F)(F)F)c1ccc([N+](=O)[O-])cc1)N1CCCC1. The van der Waals surface area contributed by atoms with Gasteiger partial charge < -0.3 is 4.90 Å². The molecule has 1 aliphatic rings. The second kappa shape index (κ2) is 10.7. The molecule has 2 aromatic rings. The fourth-order valence-corrected chi connectivity index (χ4v) is 4.78. The van der Waals surface area contributed by atoms with E-state index in [9.17, 15) is 58.6 Å². The average molecular weight is 591 g/mol. The molecule has 0 saturated carbocycles. The molecule has 0 bridgehead atoms. The highest BCUT2D eigenvalue weighted by Gasteiger charge is 2.83. The number of nitrogens with zero attached hydrogens (tertiary/aromatic N) is 2. The van der Waals surface area contributed by atoms with E-state index in [0.29, 0.717) is 25.9 Å². The van der Waals surface area contributed by atoms with Crippen molar-refractivity contribution in [3.63, 3.8) is 0 Å². The van der Waals surface area contributed by atoms with Crippen molar-refractivity contribution in [3.8, 4) is 0 Å². The van der Waals surface area contributed by atoms with Crippen molar-refractivity contribution in [2.24, 2.45) is 0 Å². The number of amides is 1. The number of halogens is 9. The van der Waals surface area contributed by atoms with Crippen molar-refractivity contribution in [3.05, 3.63) is 75.3 Å². The summed E-state index contributed by atoms with van der Waals surface area (Å²) in [4.78, 5) is 24.6. The number of alkyl halides is 9. The van der Waals surface area contributed by atoms with Gasteiger partial charge >= 0.3 is 23.3 Å². The summed E-state index contributed by atoms with van der Waals surface area (Å²) < 4.78 is 135. The van der Waals surface area contributed by atoms with E-state index < -0.39 is 56.8 Å². The number of carbonyl (C=O) groups excluding carboxylic acids is 1. The molecule has 3 rings (SSSR count). The summed E-state index contributed by atoms with van der Waals surface area (Å²) in [5.41, 5.74) is -1.28. The van der Waals surface area contributed by atoms with Crippen molar-refractivity contribution in [1.29, 1.82) is 0 Å². The molecular formula is C22H18F9N3O4S. The first-order valence-corrected chi connectivity index (χ1v) is 12.1. The van der Waals surface area contributed by atoms with Gasteiger partial charge in [0.15, 0.2) is 11.0 Å². The highest BCUT2D eigenvalue weighted by Crippen LogP contribution is 2.54. The summed E-state index contributed by atoms with van der Waals surface area (Å²) in [5, 5.41) is 4.50.